The van der Waals surface area contributed by atoms with Crippen molar-refractivity contribution >= 4 is 0 Å². The molecule has 0 unspecified atom stereocenters. The highest BCUT2D eigenvalue weighted by atomic mass is 16.9. The Kier molecular flexibility index (Phi) is 3.87. The van der Waals surface area contributed by atoms with Crippen LogP contribution in [0.25, 0.3) is 0 Å². The second kappa shape index (κ2) is 4.32. The Labute approximate surface area is 46.0 Å². The Morgan fingerprint density at radius 3 is 1.75 bits per heavy atom. The molecule has 1 heterocycles. The van der Waals surface area contributed by atoms with E-state index >= 15 is 0 Å². The fourth-order valence-corrected chi connectivity index (χ4v) is 0.144. The van der Waals surface area contributed by atoms with Crippen LogP contribution < -0.4 is 0 Å². The lowest BCUT2D eigenvalue weighted by Crippen LogP contribution is -2.09. The van der Waals surface area contributed by atoms with E-state index in [-0.39, 0.29) is 0 Å². The standard InChI is InChI=1S/C3H6O.HNO3/c1-2-4-3-1;2-1(3)4/h1-3H2;(H,2,3,4). The Hall–Kier alpha value is -0.840. The molecule has 0 aromatic rings. The van der Waals surface area contributed by atoms with Crippen LogP contribution in [-0.4, -0.2) is 23.5 Å². The molecule has 1 aliphatic rings. The molecular weight excluding hydrogens is 114 g/mol. The maximum absolute atomic E-state index is 8.36. The third-order valence-electron chi connectivity index (χ3n) is 0.577. The first kappa shape index (κ1) is 7.16. The number of rotatable bonds is 0. The van der Waals surface area contributed by atoms with Gasteiger partial charge in [-0.05, 0) is 6.42 Å². The zero-order valence-corrected chi connectivity index (χ0v) is 4.24. The minimum Gasteiger partial charge on any atom is -0.381 e. The molecule has 0 aromatic heterocycles. The lowest BCUT2D eigenvalue weighted by atomic mass is 10.4. The van der Waals surface area contributed by atoms with Crippen molar-refractivity contribution in [3.05, 3.63) is 10.1 Å². The molecule has 1 fully saturated rings. The molecule has 5 heteroatoms. The molecule has 1 saturated heterocycles. The molecular formula is C3H7NO4. The topological polar surface area (TPSA) is 72.6 Å². The summed E-state index contributed by atoms with van der Waals surface area (Å²) in [4.78, 5) is 8.36. The molecule has 0 amide bonds. The van der Waals surface area contributed by atoms with E-state index in [1.54, 1.807) is 0 Å². The van der Waals surface area contributed by atoms with Gasteiger partial charge in [-0.2, -0.15) is 0 Å². The predicted molar refractivity (Wildman–Crippen MR) is 24.2 cm³/mol. The monoisotopic (exact) mass is 121 g/mol. The van der Waals surface area contributed by atoms with Crippen molar-refractivity contribution in [1.29, 1.82) is 0 Å². The summed E-state index contributed by atoms with van der Waals surface area (Å²) in [6.07, 6.45) is 1.28. The van der Waals surface area contributed by atoms with Gasteiger partial charge in [0.25, 0.3) is 5.09 Å². The minimum absolute atomic E-state index is 1.00. The lowest BCUT2D eigenvalue weighted by molar-refractivity contribution is -0.742. The van der Waals surface area contributed by atoms with Crippen molar-refractivity contribution in [1.82, 2.24) is 0 Å². The quantitative estimate of drug-likeness (QED) is 0.363. The lowest BCUT2D eigenvalue weighted by Gasteiger charge is -2.09. The van der Waals surface area contributed by atoms with Gasteiger partial charge in [-0.25, -0.2) is 0 Å². The van der Waals surface area contributed by atoms with E-state index in [1.165, 1.54) is 6.42 Å². The first-order valence-corrected chi connectivity index (χ1v) is 2.14. The van der Waals surface area contributed by atoms with Gasteiger partial charge in [0, 0.05) is 13.2 Å². The van der Waals surface area contributed by atoms with E-state index in [4.69, 9.17) is 20.1 Å². The second-order valence-corrected chi connectivity index (χ2v) is 1.20. The summed E-state index contributed by atoms with van der Waals surface area (Å²) < 4.78 is 4.72. The first-order chi connectivity index (χ1) is 3.73. The molecule has 1 rings (SSSR count). The summed E-state index contributed by atoms with van der Waals surface area (Å²) in [5, 5.41) is 13.6. The summed E-state index contributed by atoms with van der Waals surface area (Å²) in [7, 11) is 0. The minimum atomic E-state index is -1.50. The van der Waals surface area contributed by atoms with Gasteiger partial charge in [-0.1, -0.05) is 0 Å². The van der Waals surface area contributed by atoms with Crippen molar-refractivity contribution in [3.8, 4) is 0 Å². The molecule has 0 saturated carbocycles. The van der Waals surface area contributed by atoms with Crippen LogP contribution in [0, 0.1) is 10.1 Å². The molecule has 0 bridgehead atoms. The van der Waals surface area contributed by atoms with Crippen LogP contribution in [0.5, 0.6) is 0 Å². The van der Waals surface area contributed by atoms with E-state index in [9.17, 15) is 0 Å². The highest BCUT2D eigenvalue weighted by Gasteiger charge is 1.94. The molecule has 5 nitrogen and oxygen atoms in total. The molecule has 0 spiro atoms. The van der Waals surface area contributed by atoms with Crippen LogP contribution in [0.1, 0.15) is 6.42 Å². The number of hydrogen-bond acceptors (Lipinski definition) is 3. The van der Waals surface area contributed by atoms with Gasteiger partial charge in [-0.3, -0.25) is 0 Å². The van der Waals surface area contributed by atoms with E-state index in [2.05, 4.69) is 0 Å². The largest absolute Gasteiger partial charge is 0.381 e. The highest BCUT2D eigenvalue weighted by Crippen LogP contribution is 1.93. The van der Waals surface area contributed by atoms with Crippen molar-refractivity contribution in [2.75, 3.05) is 13.2 Å². The van der Waals surface area contributed by atoms with Gasteiger partial charge in [0.1, 0.15) is 0 Å². The number of nitrogens with zero attached hydrogens (tertiary/aromatic N) is 1. The molecule has 0 atom stereocenters. The maximum Gasteiger partial charge on any atom is 0.291 e. The van der Waals surface area contributed by atoms with Crippen molar-refractivity contribution in [2.24, 2.45) is 0 Å². The van der Waals surface area contributed by atoms with Crippen LogP contribution in [0.2, 0.25) is 0 Å². The summed E-state index contributed by atoms with van der Waals surface area (Å²) >= 11 is 0. The molecule has 48 valence electrons. The smallest absolute Gasteiger partial charge is 0.291 e. The predicted octanol–water partition coefficient (Wildman–Crippen LogP) is 0.0590. The molecule has 1 aliphatic heterocycles. The SMILES string of the molecule is C1COC1.O=[N+]([O-])O. The summed E-state index contributed by atoms with van der Waals surface area (Å²) in [6, 6.07) is 0. The average Bonchev–Trinajstić information content (AvgIpc) is 1.19. The van der Waals surface area contributed by atoms with E-state index < -0.39 is 5.09 Å². The zero-order chi connectivity index (χ0) is 6.41. The van der Waals surface area contributed by atoms with Crippen LogP contribution in [0.3, 0.4) is 0 Å². The Bertz CT molecular complexity index is 61.7. The van der Waals surface area contributed by atoms with Gasteiger partial charge < -0.3 is 9.94 Å². The zero-order valence-electron chi connectivity index (χ0n) is 4.24. The summed E-state index contributed by atoms with van der Waals surface area (Å²) in [5.74, 6) is 0. The Morgan fingerprint density at radius 1 is 1.62 bits per heavy atom. The van der Waals surface area contributed by atoms with Crippen molar-refractivity contribution < 1.29 is 15.0 Å². The van der Waals surface area contributed by atoms with Crippen LogP contribution in [-0.2, 0) is 4.74 Å². The third kappa shape index (κ3) is 8.94. The fourth-order valence-electron chi connectivity index (χ4n) is 0.144. The van der Waals surface area contributed by atoms with Gasteiger partial charge in [-0.15, -0.1) is 10.1 Å². The third-order valence-corrected chi connectivity index (χ3v) is 0.577. The van der Waals surface area contributed by atoms with E-state index in [0.29, 0.717) is 0 Å². The van der Waals surface area contributed by atoms with E-state index in [1.807, 2.05) is 0 Å². The Balaban J connectivity index is 0.000000122. The van der Waals surface area contributed by atoms with Crippen LogP contribution >= 0.6 is 0 Å². The van der Waals surface area contributed by atoms with E-state index in [0.717, 1.165) is 13.2 Å². The highest BCUT2D eigenvalue weighted by molar-refractivity contribution is 4.41. The normalized spacial score (nSPS) is 15.0. The van der Waals surface area contributed by atoms with Crippen molar-refractivity contribution in [3.63, 3.8) is 0 Å². The second-order valence-electron chi connectivity index (χ2n) is 1.20. The summed E-state index contributed by atoms with van der Waals surface area (Å²) in [6.45, 7) is 2.00. The fraction of sp³-hybridized carbons (Fsp3) is 1.00. The molecule has 0 aliphatic carbocycles. The van der Waals surface area contributed by atoms with Gasteiger partial charge in [0.2, 0.25) is 0 Å². The van der Waals surface area contributed by atoms with Gasteiger partial charge in [0.15, 0.2) is 0 Å². The maximum atomic E-state index is 8.36. The number of hydrogen-bond donors (Lipinski definition) is 1. The first-order valence-electron chi connectivity index (χ1n) is 2.14. The van der Waals surface area contributed by atoms with Gasteiger partial charge >= 0.3 is 0 Å². The van der Waals surface area contributed by atoms with Crippen LogP contribution in [0.4, 0.5) is 0 Å². The molecule has 0 aromatic carbocycles. The molecule has 8 heavy (non-hydrogen) atoms. The van der Waals surface area contributed by atoms with Crippen molar-refractivity contribution in [2.45, 2.75) is 6.42 Å². The average molecular weight is 121 g/mol. The molecule has 0 radical (unpaired) electrons. The summed E-state index contributed by atoms with van der Waals surface area (Å²) in [5.41, 5.74) is 0. The number of ether oxygens (including phenoxy) is 1. The Morgan fingerprint density at radius 2 is 1.75 bits per heavy atom. The molecule has 1 N–H and O–H groups in total. The van der Waals surface area contributed by atoms with Gasteiger partial charge in [0.05, 0.1) is 0 Å². The van der Waals surface area contributed by atoms with Crippen LogP contribution in [0.15, 0.2) is 0 Å².